The zero-order chi connectivity index (χ0) is 11.7. The van der Waals surface area contributed by atoms with Gasteiger partial charge in [0.15, 0.2) is 0 Å². The van der Waals surface area contributed by atoms with Crippen LogP contribution in [0.25, 0.3) is 0 Å². The van der Waals surface area contributed by atoms with Gasteiger partial charge in [-0.2, -0.15) is 0 Å². The van der Waals surface area contributed by atoms with Crippen LogP contribution in [0.4, 0.5) is 11.6 Å². The summed E-state index contributed by atoms with van der Waals surface area (Å²) >= 11 is 3.32. The number of amides is 1. The van der Waals surface area contributed by atoms with Crippen molar-refractivity contribution in [3.8, 4) is 0 Å². The molecule has 0 radical (unpaired) electrons. The van der Waals surface area contributed by atoms with Gasteiger partial charge in [-0.05, 0) is 28.8 Å². The summed E-state index contributed by atoms with van der Waals surface area (Å²) in [7, 11) is 0. The van der Waals surface area contributed by atoms with Crippen LogP contribution < -0.4 is 16.4 Å². The lowest BCUT2D eigenvalue weighted by Crippen LogP contribution is -2.41. The monoisotopic (exact) mass is 285 g/mol. The van der Waals surface area contributed by atoms with Gasteiger partial charge < -0.3 is 16.4 Å². The summed E-state index contributed by atoms with van der Waals surface area (Å²) in [6.45, 7) is 0.753. The quantitative estimate of drug-likeness (QED) is 0.813. The second kappa shape index (κ2) is 4.25. The molecule has 2 heterocycles. The fourth-order valence-electron chi connectivity index (χ4n) is 1.89. The number of primary amides is 1. The maximum Gasteiger partial charge on any atom is 0.240 e. The predicted molar refractivity (Wildman–Crippen MR) is 63.7 cm³/mol. The van der Waals surface area contributed by atoms with Gasteiger partial charge in [0.05, 0.1) is 0 Å². The van der Waals surface area contributed by atoms with E-state index in [1.165, 1.54) is 6.33 Å². The van der Waals surface area contributed by atoms with E-state index in [4.69, 9.17) is 11.5 Å². The first kappa shape index (κ1) is 11.1. The van der Waals surface area contributed by atoms with Crippen molar-refractivity contribution in [2.75, 3.05) is 17.2 Å². The molecule has 1 aliphatic rings. The first-order valence-corrected chi connectivity index (χ1v) is 5.72. The summed E-state index contributed by atoms with van der Waals surface area (Å²) in [6.07, 6.45) is 3.06. The van der Waals surface area contributed by atoms with Gasteiger partial charge in [0, 0.05) is 6.54 Å². The largest absolute Gasteiger partial charge is 0.383 e. The van der Waals surface area contributed by atoms with Crippen LogP contribution in [-0.4, -0.2) is 28.5 Å². The molecule has 0 aliphatic carbocycles. The molecular formula is C9H12BrN5O. The summed E-state index contributed by atoms with van der Waals surface area (Å²) in [5, 5.41) is 0. The molecule has 1 aromatic heterocycles. The van der Waals surface area contributed by atoms with Gasteiger partial charge in [0.2, 0.25) is 5.91 Å². The minimum Gasteiger partial charge on any atom is -0.383 e. The fourth-order valence-corrected chi connectivity index (χ4v) is 2.32. The number of carbonyl (C=O) groups is 1. The average molecular weight is 286 g/mol. The third-order valence-corrected chi connectivity index (χ3v) is 3.41. The Hall–Kier alpha value is -1.37. The molecule has 4 N–H and O–H groups in total. The Morgan fingerprint density at radius 3 is 3.00 bits per heavy atom. The van der Waals surface area contributed by atoms with E-state index in [1.54, 1.807) is 0 Å². The van der Waals surface area contributed by atoms with Crippen LogP contribution in [0.5, 0.6) is 0 Å². The van der Waals surface area contributed by atoms with Crippen LogP contribution in [0, 0.1) is 0 Å². The molecular weight excluding hydrogens is 274 g/mol. The zero-order valence-electron chi connectivity index (χ0n) is 8.56. The minimum absolute atomic E-state index is 0.300. The van der Waals surface area contributed by atoms with E-state index in [2.05, 4.69) is 25.9 Å². The molecule has 1 amide bonds. The van der Waals surface area contributed by atoms with Crippen molar-refractivity contribution >= 4 is 33.5 Å². The highest BCUT2D eigenvalue weighted by Gasteiger charge is 2.31. The average Bonchev–Trinajstić information content (AvgIpc) is 2.70. The minimum atomic E-state index is -0.332. The molecule has 7 heteroatoms. The lowest BCUT2D eigenvalue weighted by molar-refractivity contribution is -0.119. The third-order valence-electron chi connectivity index (χ3n) is 2.65. The summed E-state index contributed by atoms with van der Waals surface area (Å²) in [5.41, 5.74) is 11.0. The van der Waals surface area contributed by atoms with E-state index in [-0.39, 0.29) is 11.9 Å². The molecule has 1 unspecified atom stereocenters. The molecule has 1 saturated heterocycles. The Morgan fingerprint density at radius 1 is 1.56 bits per heavy atom. The molecule has 0 saturated carbocycles. The molecule has 1 aliphatic heterocycles. The highest BCUT2D eigenvalue weighted by molar-refractivity contribution is 9.10. The van der Waals surface area contributed by atoms with Crippen LogP contribution in [0.15, 0.2) is 10.8 Å². The number of nitrogens with zero attached hydrogens (tertiary/aromatic N) is 3. The second-order valence-electron chi connectivity index (χ2n) is 3.65. The van der Waals surface area contributed by atoms with Gasteiger partial charge in [0.25, 0.3) is 0 Å². The first-order chi connectivity index (χ1) is 7.61. The van der Waals surface area contributed by atoms with Crippen molar-refractivity contribution in [1.82, 2.24) is 9.97 Å². The first-order valence-electron chi connectivity index (χ1n) is 4.93. The number of aromatic nitrogens is 2. The van der Waals surface area contributed by atoms with Crippen molar-refractivity contribution in [2.24, 2.45) is 5.73 Å². The van der Waals surface area contributed by atoms with E-state index < -0.39 is 0 Å². The molecule has 2 rings (SSSR count). The normalized spacial score (nSPS) is 20.1. The van der Waals surface area contributed by atoms with Gasteiger partial charge in [-0.3, -0.25) is 4.79 Å². The number of halogens is 1. The number of nitrogen functional groups attached to an aromatic ring is 1. The van der Waals surface area contributed by atoms with Gasteiger partial charge in [-0.1, -0.05) is 0 Å². The van der Waals surface area contributed by atoms with Crippen LogP contribution >= 0.6 is 15.9 Å². The molecule has 0 spiro atoms. The van der Waals surface area contributed by atoms with E-state index in [9.17, 15) is 4.79 Å². The van der Waals surface area contributed by atoms with E-state index in [0.717, 1.165) is 19.4 Å². The zero-order valence-corrected chi connectivity index (χ0v) is 10.1. The summed E-state index contributed by atoms with van der Waals surface area (Å²) < 4.78 is 0.614. The van der Waals surface area contributed by atoms with Gasteiger partial charge in [-0.15, -0.1) is 0 Å². The number of hydrogen-bond acceptors (Lipinski definition) is 5. The summed E-state index contributed by atoms with van der Waals surface area (Å²) in [5.74, 6) is 0.663. The molecule has 1 aromatic rings. The summed E-state index contributed by atoms with van der Waals surface area (Å²) in [6, 6.07) is -0.300. The lowest BCUT2D eigenvalue weighted by Gasteiger charge is -2.24. The van der Waals surface area contributed by atoms with Crippen LogP contribution in [0.2, 0.25) is 0 Å². The predicted octanol–water partition coefficient (Wildman–Crippen LogP) is 0.275. The number of rotatable bonds is 2. The molecule has 16 heavy (non-hydrogen) atoms. The SMILES string of the molecule is NC(=O)C1CCCN1c1ncnc(N)c1Br. The Balaban J connectivity index is 2.36. The van der Waals surface area contributed by atoms with Crippen molar-refractivity contribution < 1.29 is 4.79 Å². The molecule has 6 nitrogen and oxygen atoms in total. The van der Waals surface area contributed by atoms with Crippen molar-refractivity contribution in [3.05, 3.63) is 10.8 Å². The maximum atomic E-state index is 11.3. The van der Waals surface area contributed by atoms with E-state index >= 15 is 0 Å². The molecule has 0 bridgehead atoms. The van der Waals surface area contributed by atoms with Crippen molar-refractivity contribution in [3.63, 3.8) is 0 Å². The number of anilines is 2. The van der Waals surface area contributed by atoms with Crippen LogP contribution in [0.3, 0.4) is 0 Å². The summed E-state index contributed by atoms with van der Waals surface area (Å²) in [4.78, 5) is 21.1. The Bertz CT molecular complexity index is 424. The Labute approximate surface area is 101 Å². The third kappa shape index (κ3) is 1.82. The molecule has 0 aromatic carbocycles. The lowest BCUT2D eigenvalue weighted by atomic mass is 10.2. The van der Waals surface area contributed by atoms with Crippen molar-refractivity contribution in [2.45, 2.75) is 18.9 Å². The molecule has 86 valence electrons. The maximum absolute atomic E-state index is 11.3. The van der Waals surface area contributed by atoms with Gasteiger partial charge in [-0.25, -0.2) is 9.97 Å². The van der Waals surface area contributed by atoms with E-state index in [0.29, 0.717) is 16.1 Å². The van der Waals surface area contributed by atoms with Gasteiger partial charge in [0.1, 0.15) is 28.5 Å². The smallest absolute Gasteiger partial charge is 0.240 e. The Morgan fingerprint density at radius 2 is 2.31 bits per heavy atom. The number of hydrogen-bond donors (Lipinski definition) is 2. The fraction of sp³-hybridized carbons (Fsp3) is 0.444. The number of nitrogens with two attached hydrogens (primary N) is 2. The second-order valence-corrected chi connectivity index (χ2v) is 4.44. The van der Waals surface area contributed by atoms with Crippen LogP contribution in [-0.2, 0) is 4.79 Å². The highest BCUT2D eigenvalue weighted by Crippen LogP contribution is 2.32. The molecule has 1 fully saturated rings. The topological polar surface area (TPSA) is 98.1 Å². The standard InChI is InChI=1S/C9H12BrN5O/c10-6-7(11)13-4-14-9(6)15-3-1-2-5(15)8(12)16/h4-5H,1-3H2,(H2,12,16)(H2,11,13,14). The molecule has 1 atom stereocenters. The van der Waals surface area contributed by atoms with Gasteiger partial charge >= 0.3 is 0 Å². The van der Waals surface area contributed by atoms with Crippen molar-refractivity contribution in [1.29, 1.82) is 0 Å². The Kier molecular flexibility index (Phi) is 2.95. The van der Waals surface area contributed by atoms with E-state index in [1.807, 2.05) is 4.90 Å². The highest BCUT2D eigenvalue weighted by atomic mass is 79.9. The number of carbonyl (C=O) groups excluding carboxylic acids is 1. The van der Waals surface area contributed by atoms with Crippen LogP contribution in [0.1, 0.15) is 12.8 Å².